The molecule has 6 nitrogen and oxygen atoms in total. The SMILES string of the molecule is COc1cccc(CCNC(=O)c2coc(CCN)n2)c1. The molecule has 112 valence electrons. The number of hydrogen-bond acceptors (Lipinski definition) is 5. The number of ether oxygens (including phenoxy) is 1. The number of amides is 1. The molecule has 1 aromatic heterocycles. The molecule has 0 saturated heterocycles. The van der Waals surface area contributed by atoms with E-state index in [4.69, 9.17) is 14.9 Å². The second-order valence-corrected chi connectivity index (χ2v) is 4.52. The molecule has 2 aromatic rings. The molecule has 0 atom stereocenters. The van der Waals surface area contributed by atoms with E-state index in [-0.39, 0.29) is 11.6 Å². The average Bonchev–Trinajstić information content (AvgIpc) is 2.96. The van der Waals surface area contributed by atoms with Crippen LogP contribution in [-0.4, -0.2) is 31.1 Å². The summed E-state index contributed by atoms with van der Waals surface area (Å²) in [6.45, 7) is 0.961. The summed E-state index contributed by atoms with van der Waals surface area (Å²) in [5.74, 6) is 1.04. The van der Waals surface area contributed by atoms with Crippen molar-refractivity contribution in [3.05, 3.63) is 47.7 Å². The number of methoxy groups -OCH3 is 1. The number of oxazole rings is 1. The second kappa shape index (κ2) is 7.44. The Morgan fingerprint density at radius 1 is 1.43 bits per heavy atom. The molecule has 1 heterocycles. The highest BCUT2D eigenvalue weighted by Gasteiger charge is 2.11. The van der Waals surface area contributed by atoms with Gasteiger partial charge < -0.3 is 20.2 Å². The van der Waals surface area contributed by atoms with Gasteiger partial charge in [-0.2, -0.15) is 0 Å². The van der Waals surface area contributed by atoms with Crippen molar-refractivity contribution >= 4 is 5.91 Å². The Hall–Kier alpha value is -2.34. The molecule has 21 heavy (non-hydrogen) atoms. The fraction of sp³-hybridized carbons (Fsp3) is 0.333. The van der Waals surface area contributed by atoms with E-state index in [1.807, 2.05) is 24.3 Å². The van der Waals surface area contributed by atoms with E-state index in [9.17, 15) is 4.79 Å². The predicted molar refractivity (Wildman–Crippen MR) is 78.3 cm³/mol. The van der Waals surface area contributed by atoms with Crippen LogP contribution in [0.2, 0.25) is 0 Å². The Morgan fingerprint density at radius 2 is 2.29 bits per heavy atom. The van der Waals surface area contributed by atoms with Crippen molar-refractivity contribution in [3.8, 4) is 5.75 Å². The summed E-state index contributed by atoms with van der Waals surface area (Å²) in [6, 6.07) is 7.74. The van der Waals surface area contributed by atoms with Crippen molar-refractivity contribution in [1.82, 2.24) is 10.3 Å². The van der Waals surface area contributed by atoms with E-state index in [1.165, 1.54) is 6.26 Å². The van der Waals surface area contributed by atoms with Crippen molar-refractivity contribution in [1.29, 1.82) is 0 Å². The maximum atomic E-state index is 11.9. The van der Waals surface area contributed by atoms with Gasteiger partial charge in [0.2, 0.25) is 0 Å². The molecule has 2 rings (SSSR count). The molecule has 0 saturated carbocycles. The second-order valence-electron chi connectivity index (χ2n) is 4.52. The van der Waals surface area contributed by atoms with Crippen LogP contribution in [0.1, 0.15) is 21.9 Å². The quantitative estimate of drug-likeness (QED) is 0.798. The van der Waals surface area contributed by atoms with Crippen LogP contribution in [0.5, 0.6) is 5.75 Å². The fourth-order valence-corrected chi connectivity index (χ4v) is 1.89. The zero-order valence-electron chi connectivity index (χ0n) is 12.0. The Kier molecular flexibility index (Phi) is 5.34. The standard InChI is InChI=1S/C15H19N3O3/c1-20-12-4-2-3-11(9-12)6-8-17-15(19)13-10-21-14(18-13)5-7-16/h2-4,9-10H,5-8,16H2,1H3,(H,17,19). The molecule has 0 unspecified atom stereocenters. The minimum absolute atomic E-state index is 0.245. The van der Waals surface area contributed by atoms with Gasteiger partial charge >= 0.3 is 0 Å². The Balaban J connectivity index is 1.83. The number of carbonyl (C=O) groups excluding carboxylic acids is 1. The van der Waals surface area contributed by atoms with Crippen LogP contribution in [0.4, 0.5) is 0 Å². The summed E-state index contributed by atoms with van der Waals surface area (Å²) in [4.78, 5) is 16.0. The van der Waals surface area contributed by atoms with E-state index in [1.54, 1.807) is 7.11 Å². The molecule has 0 aliphatic rings. The first-order valence-electron chi connectivity index (χ1n) is 6.78. The van der Waals surface area contributed by atoms with E-state index in [0.717, 1.165) is 17.7 Å². The third-order valence-electron chi connectivity index (χ3n) is 2.98. The summed E-state index contributed by atoms with van der Waals surface area (Å²) in [7, 11) is 1.63. The van der Waals surface area contributed by atoms with Gasteiger partial charge in [0.25, 0.3) is 5.91 Å². The smallest absolute Gasteiger partial charge is 0.273 e. The molecule has 1 amide bonds. The molecule has 0 bridgehead atoms. The number of nitrogens with one attached hydrogen (secondary N) is 1. The van der Waals surface area contributed by atoms with Crippen molar-refractivity contribution in [2.24, 2.45) is 5.73 Å². The molecular formula is C15H19N3O3. The Bertz CT molecular complexity index is 595. The minimum Gasteiger partial charge on any atom is -0.497 e. The molecule has 0 spiro atoms. The Morgan fingerprint density at radius 3 is 3.05 bits per heavy atom. The first-order chi connectivity index (χ1) is 10.2. The average molecular weight is 289 g/mol. The molecule has 6 heteroatoms. The third kappa shape index (κ3) is 4.32. The molecule has 0 radical (unpaired) electrons. The van der Waals surface area contributed by atoms with Gasteiger partial charge in [0.15, 0.2) is 11.6 Å². The summed E-state index contributed by atoms with van der Waals surface area (Å²) >= 11 is 0. The molecule has 0 fully saturated rings. The van der Waals surface area contributed by atoms with E-state index >= 15 is 0 Å². The predicted octanol–water partition coefficient (Wildman–Crippen LogP) is 1.16. The molecule has 0 aliphatic carbocycles. The fourth-order valence-electron chi connectivity index (χ4n) is 1.89. The van der Waals surface area contributed by atoms with E-state index in [0.29, 0.717) is 25.4 Å². The number of nitrogens with two attached hydrogens (primary N) is 1. The number of aromatic nitrogens is 1. The van der Waals surface area contributed by atoms with Crippen molar-refractivity contribution in [2.45, 2.75) is 12.8 Å². The van der Waals surface area contributed by atoms with Gasteiger partial charge in [0.05, 0.1) is 7.11 Å². The van der Waals surface area contributed by atoms with Crippen LogP contribution in [0.15, 0.2) is 34.9 Å². The highest BCUT2D eigenvalue weighted by molar-refractivity contribution is 5.91. The van der Waals surface area contributed by atoms with Crippen LogP contribution in [0.3, 0.4) is 0 Å². The zero-order chi connectivity index (χ0) is 15.1. The highest BCUT2D eigenvalue weighted by Crippen LogP contribution is 2.12. The zero-order valence-corrected chi connectivity index (χ0v) is 12.0. The van der Waals surface area contributed by atoms with Gasteiger partial charge in [-0.25, -0.2) is 4.98 Å². The van der Waals surface area contributed by atoms with Gasteiger partial charge in [-0.05, 0) is 24.1 Å². The lowest BCUT2D eigenvalue weighted by Crippen LogP contribution is -2.26. The van der Waals surface area contributed by atoms with Gasteiger partial charge in [-0.3, -0.25) is 4.79 Å². The molecule has 0 aliphatic heterocycles. The van der Waals surface area contributed by atoms with Gasteiger partial charge in [-0.1, -0.05) is 12.1 Å². The summed E-state index contributed by atoms with van der Waals surface area (Å²) in [5.41, 5.74) is 6.78. The van der Waals surface area contributed by atoms with Crippen LogP contribution >= 0.6 is 0 Å². The number of hydrogen-bond donors (Lipinski definition) is 2. The van der Waals surface area contributed by atoms with Crippen molar-refractivity contribution in [3.63, 3.8) is 0 Å². The number of nitrogens with zero attached hydrogens (tertiary/aromatic N) is 1. The first kappa shape index (κ1) is 15.1. The normalized spacial score (nSPS) is 10.4. The van der Waals surface area contributed by atoms with E-state index in [2.05, 4.69) is 10.3 Å². The number of rotatable bonds is 7. The third-order valence-corrected chi connectivity index (χ3v) is 2.98. The molecule has 3 N–H and O–H groups in total. The molecule has 1 aromatic carbocycles. The lowest BCUT2D eigenvalue weighted by Gasteiger charge is -2.05. The van der Waals surface area contributed by atoms with Crippen LogP contribution in [-0.2, 0) is 12.8 Å². The number of carbonyl (C=O) groups is 1. The maximum Gasteiger partial charge on any atom is 0.273 e. The summed E-state index contributed by atoms with van der Waals surface area (Å²) < 4.78 is 10.3. The summed E-state index contributed by atoms with van der Waals surface area (Å²) in [6.07, 6.45) is 2.60. The first-order valence-corrected chi connectivity index (χ1v) is 6.78. The summed E-state index contributed by atoms with van der Waals surface area (Å²) in [5, 5.41) is 2.81. The Labute approximate surface area is 123 Å². The lowest BCUT2D eigenvalue weighted by atomic mass is 10.1. The van der Waals surface area contributed by atoms with E-state index < -0.39 is 0 Å². The minimum atomic E-state index is -0.245. The number of benzene rings is 1. The highest BCUT2D eigenvalue weighted by atomic mass is 16.5. The monoisotopic (exact) mass is 289 g/mol. The van der Waals surface area contributed by atoms with Gasteiger partial charge in [-0.15, -0.1) is 0 Å². The van der Waals surface area contributed by atoms with Crippen LogP contribution in [0, 0.1) is 0 Å². The van der Waals surface area contributed by atoms with Crippen molar-refractivity contribution in [2.75, 3.05) is 20.2 Å². The van der Waals surface area contributed by atoms with Crippen molar-refractivity contribution < 1.29 is 13.9 Å². The van der Waals surface area contributed by atoms with Gasteiger partial charge in [0.1, 0.15) is 12.0 Å². The van der Waals surface area contributed by atoms with Crippen LogP contribution < -0.4 is 15.8 Å². The van der Waals surface area contributed by atoms with Crippen LogP contribution in [0.25, 0.3) is 0 Å². The molecular weight excluding hydrogens is 270 g/mol. The largest absolute Gasteiger partial charge is 0.497 e. The topological polar surface area (TPSA) is 90.4 Å². The lowest BCUT2D eigenvalue weighted by molar-refractivity contribution is 0.0949. The maximum absolute atomic E-state index is 11.9. The van der Waals surface area contributed by atoms with Gasteiger partial charge in [0, 0.05) is 19.5 Å².